The second-order valence-corrected chi connectivity index (χ2v) is 14.5. The van der Waals surface area contributed by atoms with Crippen molar-refractivity contribution in [1.29, 1.82) is 0 Å². The van der Waals surface area contributed by atoms with E-state index in [1.807, 2.05) is 6.07 Å². The summed E-state index contributed by atoms with van der Waals surface area (Å²) in [6, 6.07) is 76.5. The number of fused-ring (bicyclic) bond motifs is 7. The zero-order chi connectivity index (χ0) is 37.0. The van der Waals surface area contributed by atoms with E-state index >= 15 is 0 Å². The van der Waals surface area contributed by atoms with Crippen molar-refractivity contribution in [3.8, 4) is 33.4 Å². The van der Waals surface area contributed by atoms with Crippen LogP contribution in [-0.4, -0.2) is 0 Å². The Kier molecular flexibility index (Phi) is 7.53. The van der Waals surface area contributed by atoms with E-state index in [-0.39, 0.29) is 0 Å². The highest BCUT2D eigenvalue weighted by Gasteiger charge is 2.22. The van der Waals surface area contributed by atoms with Gasteiger partial charge < -0.3 is 9.32 Å². The molecule has 10 aromatic carbocycles. The summed E-state index contributed by atoms with van der Waals surface area (Å²) in [5.74, 6) is 0. The van der Waals surface area contributed by atoms with Crippen molar-refractivity contribution in [1.82, 2.24) is 0 Å². The number of benzene rings is 10. The van der Waals surface area contributed by atoms with E-state index in [1.54, 1.807) is 0 Å². The normalized spacial score (nSPS) is 11.6. The molecule has 2 heteroatoms. The van der Waals surface area contributed by atoms with E-state index < -0.39 is 0 Å². The predicted octanol–water partition coefficient (Wildman–Crippen LogP) is 15.5. The number of furan rings is 1. The zero-order valence-electron chi connectivity index (χ0n) is 30.6. The second-order valence-electron chi connectivity index (χ2n) is 14.5. The highest BCUT2D eigenvalue weighted by atomic mass is 16.3. The zero-order valence-corrected chi connectivity index (χ0v) is 30.6. The lowest BCUT2D eigenvalue weighted by atomic mass is 9.95. The number of rotatable bonds is 6. The average Bonchev–Trinajstić information content (AvgIpc) is 3.66. The van der Waals surface area contributed by atoms with Gasteiger partial charge in [0.25, 0.3) is 0 Å². The van der Waals surface area contributed by atoms with Crippen LogP contribution in [0.25, 0.3) is 87.6 Å². The van der Waals surface area contributed by atoms with Gasteiger partial charge in [-0.2, -0.15) is 0 Å². The summed E-state index contributed by atoms with van der Waals surface area (Å²) in [6.07, 6.45) is 0. The number of anilines is 3. The molecule has 0 saturated carbocycles. The molecular formula is C54H35NO. The largest absolute Gasteiger partial charge is 0.456 e. The first-order chi connectivity index (χ1) is 27.8. The maximum Gasteiger partial charge on any atom is 0.137 e. The Morgan fingerprint density at radius 1 is 0.304 bits per heavy atom. The van der Waals surface area contributed by atoms with Gasteiger partial charge in [-0.05, 0) is 103 Å². The predicted molar refractivity (Wildman–Crippen MR) is 237 cm³/mol. The van der Waals surface area contributed by atoms with E-state index in [9.17, 15) is 0 Å². The quantitative estimate of drug-likeness (QED) is 0.160. The Balaban J connectivity index is 1.09. The minimum absolute atomic E-state index is 0.864. The standard InChI is InChI=1S/C54H35NO/c1-3-17-44-36(12-1)14-10-21-46(44)38-26-28-39(29-27-38)48-19-5-7-22-50(48)55(51-23-11-25-53-54(51)49-20-6-8-24-52(49)56-53)43-16-9-15-40(35-43)41-32-33-47-42(34-41)31-30-37-13-2-4-18-45(37)47/h1-35H. The first-order valence-electron chi connectivity index (χ1n) is 19.2. The van der Waals surface area contributed by atoms with Crippen molar-refractivity contribution in [2.75, 3.05) is 4.90 Å². The molecule has 0 aliphatic heterocycles. The molecule has 11 rings (SSSR count). The van der Waals surface area contributed by atoms with Crippen LogP contribution in [0.1, 0.15) is 0 Å². The number of nitrogens with zero attached hydrogens (tertiary/aromatic N) is 1. The summed E-state index contributed by atoms with van der Waals surface area (Å²) < 4.78 is 6.45. The van der Waals surface area contributed by atoms with E-state index in [1.165, 1.54) is 49.0 Å². The molecule has 0 saturated heterocycles. The summed E-state index contributed by atoms with van der Waals surface area (Å²) in [7, 11) is 0. The third-order valence-corrected chi connectivity index (χ3v) is 11.2. The van der Waals surface area contributed by atoms with Crippen LogP contribution in [0.3, 0.4) is 0 Å². The van der Waals surface area contributed by atoms with Gasteiger partial charge in [0.05, 0.1) is 16.8 Å². The molecule has 0 spiro atoms. The lowest BCUT2D eigenvalue weighted by Gasteiger charge is -2.29. The molecule has 11 aromatic rings. The topological polar surface area (TPSA) is 16.4 Å². The van der Waals surface area contributed by atoms with Crippen molar-refractivity contribution >= 4 is 71.3 Å². The van der Waals surface area contributed by atoms with Gasteiger partial charge >= 0.3 is 0 Å². The molecule has 0 amide bonds. The molecule has 0 fully saturated rings. The Bertz CT molecular complexity index is 3260. The molecule has 2 nitrogen and oxygen atoms in total. The molecule has 0 radical (unpaired) electrons. The van der Waals surface area contributed by atoms with Crippen LogP contribution in [0.5, 0.6) is 0 Å². The number of hydrogen-bond acceptors (Lipinski definition) is 2. The Labute approximate surface area is 325 Å². The van der Waals surface area contributed by atoms with Crippen molar-refractivity contribution in [3.05, 3.63) is 212 Å². The number of hydrogen-bond donors (Lipinski definition) is 0. The lowest BCUT2D eigenvalue weighted by Crippen LogP contribution is -2.11. The molecule has 0 aliphatic rings. The lowest BCUT2D eigenvalue weighted by molar-refractivity contribution is 0.669. The second kappa shape index (κ2) is 13.2. The van der Waals surface area contributed by atoms with Crippen molar-refractivity contribution in [2.24, 2.45) is 0 Å². The highest BCUT2D eigenvalue weighted by Crippen LogP contribution is 2.47. The van der Waals surface area contributed by atoms with Gasteiger partial charge in [0.2, 0.25) is 0 Å². The van der Waals surface area contributed by atoms with E-state index in [2.05, 4.69) is 211 Å². The third kappa shape index (κ3) is 5.34. The van der Waals surface area contributed by atoms with E-state index in [0.717, 1.165) is 55.7 Å². The molecule has 262 valence electrons. The van der Waals surface area contributed by atoms with Crippen LogP contribution < -0.4 is 4.90 Å². The van der Waals surface area contributed by atoms with Crippen molar-refractivity contribution in [3.63, 3.8) is 0 Å². The molecule has 0 unspecified atom stereocenters. The summed E-state index contributed by atoms with van der Waals surface area (Å²) in [4.78, 5) is 2.41. The van der Waals surface area contributed by atoms with Gasteiger partial charge in [-0.1, -0.05) is 170 Å². The maximum absolute atomic E-state index is 6.45. The minimum Gasteiger partial charge on any atom is -0.456 e. The van der Waals surface area contributed by atoms with Gasteiger partial charge in [-0.15, -0.1) is 0 Å². The number of para-hydroxylation sites is 2. The first kappa shape index (κ1) is 32.0. The average molecular weight is 714 g/mol. The summed E-state index contributed by atoms with van der Waals surface area (Å²) in [6.45, 7) is 0. The summed E-state index contributed by atoms with van der Waals surface area (Å²) >= 11 is 0. The smallest absolute Gasteiger partial charge is 0.137 e. The van der Waals surface area contributed by atoms with Crippen LogP contribution in [-0.2, 0) is 0 Å². The fourth-order valence-electron chi connectivity index (χ4n) is 8.59. The van der Waals surface area contributed by atoms with Crippen molar-refractivity contribution in [2.45, 2.75) is 0 Å². The van der Waals surface area contributed by atoms with E-state index in [4.69, 9.17) is 4.42 Å². The maximum atomic E-state index is 6.45. The van der Waals surface area contributed by atoms with Crippen molar-refractivity contribution < 1.29 is 4.42 Å². The molecule has 0 aliphatic carbocycles. The monoisotopic (exact) mass is 713 g/mol. The van der Waals surface area contributed by atoms with E-state index in [0.29, 0.717) is 0 Å². The minimum atomic E-state index is 0.864. The highest BCUT2D eigenvalue weighted by molar-refractivity contribution is 6.14. The molecule has 0 N–H and O–H groups in total. The molecular weight excluding hydrogens is 679 g/mol. The Morgan fingerprint density at radius 2 is 0.857 bits per heavy atom. The third-order valence-electron chi connectivity index (χ3n) is 11.2. The van der Waals surface area contributed by atoms with Gasteiger partial charge in [0.1, 0.15) is 11.2 Å². The molecule has 0 bridgehead atoms. The summed E-state index contributed by atoms with van der Waals surface area (Å²) in [5, 5.41) is 9.72. The summed E-state index contributed by atoms with van der Waals surface area (Å²) in [5.41, 5.74) is 12.0. The van der Waals surface area contributed by atoms with Crippen LogP contribution in [0.4, 0.5) is 17.1 Å². The Hall–Kier alpha value is -7.42. The first-order valence-corrected chi connectivity index (χ1v) is 19.2. The SMILES string of the molecule is c1cc(-c2ccc3c(ccc4ccccc43)c2)cc(N(c2ccccc2-c2ccc(-c3cccc4ccccc34)cc2)c2cccc3oc4ccccc4c23)c1. The molecule has 0 atom stereocenters. The van der Waals surface area contributed by atoms with Crippen LogP contribution >= 0.6 is 0 Å². The van der Waals surface area contributed by atoms with Crippen LogP contribution in [0.15, 0.2) is 217 Å². The van der Waals surface area contributed by atoms with Gasteiger partial charge in [0, 0.05) is 16.6 Å². The fourth-order valence-corrected chi connectivity index (χ4v) is 8.59. The van der Waals surface area contributed by atoms with Gasteiger partial charge in [0.15, 0.2) is 0 Å². The van der Waals surface area contributed by atoms with Gasteiger partial charge in [-0.25, -0.2) is 0 Å². The molecule has 1 heterocycles. The molecule has 1 aromatic heterocycles. The molecule has 56 heavy (non-hydrogen) atoms. The van der Waals surface area contributed by atoms with Crippen LogP contribution in [0.2, 0.25) is 0 Å². The van der Waals surface area contributed by atoms with Crippen LogP contribution in [0, 0.1) is 0 Å². The fraction of sp³-hybridized carbons (Fsp3) is 0. The Morgan fingerprint density at radius 3 is 1.73 bits per heavy atom. The van der Waals surface area contributed by atoms with Gasteiger partial charge in [-0.3, -0.25) is 0 Å².